The van der Waals surface area contributed by atoms with E-state index in [0.717, 1.165) is 0 Å². The Balaban J connectivity index is 0.000000592. The molecule has 0 radical (unpaired) electrons. The third-order valence-corrected chi connectivity index (χ3v) is 4.19. The van der Waals surface area contributed by atoms with E-state index in [1.165, 1.54) is 6.07 Å². The Morgan fingerprint density at radius 2 is 1.52 bits per heavy atom. The summed E-state index contributed by atoms with van der Waals surface area (Å²) in [7, 11) is 0. The summed E-state index contributed by atoms with van der Waals surface area (Å²) in [5, 5.41) is 19.8. The maximum Gasteiger partial charge on any atom is 0.490 e. The van der Waals surface area contributed by atoms with E-state index in [2.05, 4.69) is 5.32 Å². The van der Waals surface area contributed by atoms with Crippen LogP contribution in [0.15, 0.2) is 42.5 Å². The van der Waals surface area contributed by atoms with E-state index in [4.69, 9.17) is 21.5 Å². The van der Waals surface area contributed by atoms with Crippen LogP contribution in [0, 0.1) is 0 Å². The number of aromatic carboxylic acids is 1. The molecule has 2 aromatic carbocycles. The molecule has 0 saturated carbocycles. The summed E-state index contributed by atoms with van der Waals surface area (Å²) < 4.78 is 31.7. The van der Waals surface area contributed by atoms with Gasteiger partial charge in [-0.05, 0) is 56.3 Å². The van der Waals surface area contributed by atoms with Crippen LogP contribution in [0.25, 0.3) is 0 Å². The van der Waals surface area contributed by atoms with Gasteiger partial charge in [0.05, 0.1) is 11.3 Å². The van der Waals surface area contributed by atoms with E-state index < -0.39 is 18.1 Å². The van der Waals surface area contributed by atoms with Gasteiger partial charge in [-0.3, -0.25) is 4.79 Å². The minimum Gasteiger partial charge on any atom is -0.478 e. The highest BCUT2D eigenvalue weighted by Gasteiger charge is 2.38. The van der Waals surface area contributed by atoms with E-state index in [0.29, 0.717) is 35.1 Å². The number of carbonyl (C=O) groups is 3. The summed E-state index contributed by atoms with van der Waals surface area (Å²) in [5.41, 5.74) is 1.68. The quantitative estimate of drug-likeness (QED) is 0.573. The van der Waals surface area contributed by atoms with Crippen molar-refractivity contribution in [1.82, 2.24) is 0 Å². The number of benzene rings is 2. The first-order chi connectivity index (χ1) is 14.4. The predicted octanol–water partition coefficient (Wildman–Crippen LogP) is 4.77. The number of alkyl halides is 3. The largest absolute Gasteiger partial charge is 0.490 e. The number of hydrogen-bond acceptors (Lipinski definition) is 4. The molecule has 3 N–H and O–H groups in total. The van der Waals surface area contributed by atoms with Crippen molar-refractivity contribution in [3.63, 3.8) is 0 Å². The standard InChI is InChI=1S/C18H19ClN2O3.C2HF3O2/c1-3-21(4-2)16-10-9-14(11-15(16)18(23)24)20-17(22)12-5-7-13(19)8-6-12;3-2(4,5)1(6)7/h5-11H,3-4H2,1-2H3,(H,20,22)(H,23,24);(H,6,7). The minimum atomic E-state index is -5.08. The number of carboxylic acid groups (broad SMARTS) is 2. The van der Waals surface area contributed by atoms with Crippen molar-refractivity contribution in [2.45, 2.75) is 20.0 Å². The Bertz CT molecular complexity index is 929. The Hall–Kier alpha value is -3.27. The average Bonchev–Trinajstić information content (AvgIpc) is 2.69. The van der Waals surface area contributed by atoms with Gasteiger partial charge in [-0.25, -0.2) is 9.59 Å². The van der Waals surface area contributed by atoms with Crippen LogP contribution in [-0.4, -0.2) is 47.3 Å². The third-order valence-electron chi connectivity index (χ3n) is 3.94. The molecule has 7 nitrogen and oxygen atoms in total. The molecule has 0 bridgehead atoms. The second-order valence-electron chi connectivity index (χ2n) is 5.97. The molecule has 1 amide bonds. The molecular formula is C20H20ClF3N2O5. The molecule has 2 aromatic rings. The lowest BCUT2D eigenvalue weighted by molar-refractivity contribution is -0.192. The van der Waals surface area contributed by atoms with Crippen molar-refractivity contribution in [2.24, 2.45) is 0 Å². The molecule has 0 atom stereocenters. The molecule has 0 spiro atoms. The Morgan fingerprint density at radius 1 is 1.00 bits per heavy atom. The third kappa shape index (κ3) is 7.82. The fourth-order valence-corrected chi connectivity index (χ4v) is 2.56. The van der Waals surface area contributed by atoms with E-state index in [9.17, 15) is 27.9 Å². The van der Waals surface area contributed by atoms with Crippen molar-refractivity contribution >= 4 is 40.8 Å². The topological polar surface area (TPSA) is 107 Å². The van der Waals surface area contributed by atoms with Crippen molar-refractivity contribution < 1.29 is 37.8 Å². The smallest absolute Gasteiger partial charge is 0.478 e. The zero-order chi connectivity index (χ0) is 23.8. The number of halogens is 4. The zero-order valence-corrected chi connectivity index (χ0v) is 17.3. The van der Waals surface area contributed by atoms with E-state index in [-0.39, 0.29) is 11.5 Å². The molecular weight excluding hydrogens is 441 g/mol. The molecule has 2 rings (SSSR count). The number of rotatable bonds is 6. The second-order valence-corrected chi connectivity index (χ2v) is 6.41. The monoisotopic (exact) mass is 460 g/mol. The van der Waals surface area contributed by atoms with Gasteiger partial charge >= 0.3 is 18.1 Å². The molecule has 31 heavy (non-hydrogen) atoms. The van der Waals surface area contributed by atoms with Crippen LogP contribution in [0.2, 0.25) is 5.02 Å². The van der Waals surface area contributed by atoms with Gasteiger partial charge in [-0.1, -0.05) is 11.6 Å². The number of nitrogens with one attached hydrogen (secondary N) is 1. The van der Waals surface area contributed by atoms with Gasteiger partial charge in [0.1, 0.15) is 0 Å². The zero-order valence-electron chi connectivity index (χ0n) is 16.5. The summed E-state index contributed by atoms with van der Waals surface area (Å²) >= 11 is 5.81. The van der Waals surface area contributed by atoms with Crippen LogP contribution in [0.3, 0.4) is 0 Å². The Kier molecular flexibility index (Phi) is 9.32. The summed E-state index contributed by atoms with van der Waals surface area (Å²) in [5.74, 6) is -4.11. The number of hydrogen-bond donors (Lipinski definition) is 3. The summed E-state index contributed by atoms with van der Waals surface area (Å²) in [6.07, 6.45) is -5.08. The lowest BCUT2D eigenvalue weighted by Crippen LogP contribution is -2.24. The summed E-state index contributed by atoms with van der Waals surface area (Å²) in [6, 6.07) is 11.4. The molecule has 0 fully saturated rings. The fourth-order valence-electron chi connectivity index (χ4n) is 2.43. The first-order valence-electron chi connectivity index (χ1n) is 8.90. The average molecular weight is 461 g/mol. The molecule has 0 heterocycles. The van der Waals surface area contributed by atoms with E-state index in [1.807, 2.05) is 18.7 Å². The van der Waals surface area contributed by atoms with Crippen molar-refractivity contribution in [3.8, 4) is 0 Å². The first-order valence-corrected chi connectivity index (χ1v) is 9.27. The van der Waals surface area contributed by atoms with Crippen molar-refractivity contribution in [3.05, 3.63) is 58.6 Å². The lowest BCUT2D eigenvalue weighted by atomic mass is 10.1. The van der Waals surface area contributed by atoms with Crippen LogP contribution in [-0.2, 0) is 4.79 Å². The molecule has 0 aromatic heterocycles. The SMILES string of the molecule is CCN(CC)c1ccc(NC(=O)c2ccc(Cl)cc2)cc1C(=O)O.O=C(O)C(F)(F)F. The summed E-state index contributed by atoms with van der Waals surface area (Å²) in [6.45, 7) is 5.33. The van der Waals surface area contributed by atoms with Gasteiger partial charge in [0, 0.05) is 29.4 Å². The number of nitrogens with zero attached hydrogens (tertiary/aromatic N) is 1. The molecule has 0 aliphatic carbocycles. The number of aliphatic carboxylic acids is 1. The highest BCUT2D eigenvalue weighted by Crippen LogP contribution is 2.25. The number of carboxylic acids is 2. The van der Waals surface area contributed by atoms with Crippen LogP contribution < -0.4 is 10.2 Å². The van der Waals surface area contributed by atoms with Crippen LogP contribution in [0.1, 0.15) is 34.6 Å². The predicted molar refractivity (Wildman–Crippen MR) is 110 cm³/mol. The van der Waals surface area contributed by atoms with E-state index in [1.54, 1.807) is 36.4 Å². The highest BCUT2D eigenvalue weighted by molar-refractivity contribution is 6.30. The molecule has 0 unspecified atom stereocenters. The van der Waals surface area contributed by atoms with Gasteiger partial charge in [0.15, 0.2) is 0 Å². The molecule has 11 heteroatoms. The van der Waals surface area contributed by atoms with Gasteiger partial charge < -0.3 is 20.4 Å². The maximum absolute atomic E-state index is 12.2. The van der Waals surface area contributed by atoms with Crippen LogP contribution >= 0.6 is 11.6 Å². The Labute approximate surface area is 181 Å². The lowest BCUT2D eigenvalue weighted by Gasteiger charge is -2.23. The fraction of sp³-hybridized carbons (Fsp3) is 0.250. The van der Waals surface area contributed by atoms with Crippen LogP contribution in [0.4, 0.5) is 24.5 Å². The molecule has 0 aliphatic rings. The highest BCUT2D eigenvalue weighted by atomic mass is 35.5. The molecule has 0 saturated heterocycles. The van der Waals surface area contributed by atoms with Gasteiger partial charge in [-0.2, -0.15) is 13.2 Å². The van der Waals surface area contributed by atoms with Gasteiger partial charge in [0.2, 0.25) is 0 Å². The van der Waals surface area contributed by atoms with E-state index >= 15 is 0 Å². The van der Waals surface area contributed by atoms with Crippen LogP contribution in [0.5, 0.6) is 0 Å². The van der Waals surface area contributed by atoms with Crippen molar-refractivity contribution in [2.75, 3.05) is 23.3 Å². The van der Waals surface area contributed by atoms with Gasteiger partial charge in [0.25, 0.3) is 5.91 Å². The second kappa shape index (κ2) is 11.2. The number of carbonyl (C=O) groups excluding carboxylic acids is 1. The first kappa shape index (κ1) is 25.8. The number of anilines is 2. The molecule has 0 aliphatic heterocycles. The normalized spacial score (nSPS) is 10.5. The minimum absolute atomic E-state index is 0.160. The summed E-state index contributed by atoms with van der Waals surface area (Å²) in [4.78, 5) is 34.6. The Morgan fingerprint density at radius 3 is 1.94 bits per heavy atom. The molecule has 168 valence electrons. The van der Waals surface area contributed by atoms with Crippen molar-refractivity contribution in [1.29, 1.82) is 0 Å². The van der Waals surface area contributed by atoms with Gasteiger partial charge in [-0.15, -0.1) is 0 Å². The number of amides is 1. The maximum atomic E-state index is 12.2.